The molecule has 0 atom stereocenters. The van der Waals surface area contributed by atoms with Crippen LogP contribution in [0.2, 0.25) is 0 Å². The minimum atomic E-state index is -5.88. The molecule has 0 saturated carbocycles. The van der Waals surface area contributed by atoms with E-state index in [1.165, 1.54) is 6.92 Å². The van der Waals surface area contributed by atoms with E-state index < -0.39 is 27.4 Å². The van der Waals surface area contributed by atoms with Gasteiger partial charge in [0.15, 0.2) is 0 Å². The third-order valence-corrected chi connectivity index (χ3v) is 2.82. The lowest BCUT2D eigenvalue weighted by Crippen LogP contribution is -2.28. The molecule has 0 amide bonds. The largest absolute Gasteiger partial charge is 0.534 e. The van der Waals surface area contributed by atoms with Crippen molar-refractivity contribution in [3.05, 3.63) is 11.6 Å². The van der Waals surface area contributed by atoms with E-state index in [1.807, 2.05) is 0 Å². The van der Waals surface area contributed by atoms with Crippen LogP contribution < -0.4 is 14.7 Å². The summed E-state index contributed by atoms with van der Waals surface area (Å²) >= 11 is 0. The van der Waals surface area contributed by atoms with Crippen molar-refractivity contribution in [3.8, 4) is 17.8 Å². The number of rotatable bonds is 4. The Kier molecular flexibility index (Phi) is 4.29. The van der Waals surface area contributed by atoms with Gasteiger partial charge in [-0.3, -0.25) is 0 Å². The van der Waals surface area contributed by atoms with Crippen molar-refractivity contribution in [2.45, 2.75) is 12.4 Å². The van der Waals surface area contributed by atoms with Gasteiger partial charge < -0.3 is 14.7 Å². The van der Waals surface area contributed by atoms with Gasteiger partial charge in [-0.05, 0) is 6.92 Å². The Labute approximate surface area is 111 Å². The molecule has 20 heavy (non-hydrogen) atoms. The summed E-state index contributed by atoms with van der Waals surface area (Å²) in [6, 6.07) is 2.31. The smallest absolute Gasteiger partial charge is 0.477 e. The molecule has 0 spiro atoms. The Morgan fingerprint density at radius 2 is 2.10 bits per heavy atom. The summed E-state index contributed by atoms with van der Waals surface area (Å²) in [5.41, 5.74) is -0.769. The van der Waals surface area contributed by atoms with Crippen molar-refractivity contribution in [3.63, 3.8) is 0 Å². The van der Waals surface area contributed by atoms with Gasteiger partial charge >= 0.3 is 15.6 Å². The highest BCUT2D eigenvalue weighted by Crippen LogP contribution is 2.30. The van der Waals surface area contributed by atoms with Crippen LogP contribution in [0.5, 0.6) is 11.8 Å². The standard InChI is InChI=1S/C9H8F3N3O4S/c1-2-18-8-5(4-13)6(14)3-7(15-8)19-20(16,17)9(10,11)12/h3H,2H2,1H3,(H2,14,15). The summed E-state index contributed by atoms with van der Waals surface area (Å²) in [6.45, 7) is 1.57. The second-order valence-electron chi connectivity index (χ2n) is 3.26. The van der Waals surface area contributed by atoms with Crippen LogP contribution in [0.1, 0.15) is 12.5 Å². The Morgan fingerprint density at radius 1 is 1.50 bits per heavy atom. The van der Waals surface area contributed by atoms with Crippen molar-refractivity contribution in [2.24, 2.45) is 0 Å². The van der Waals surface area contributed by atoms with Crippen LogP contribution >= 0.6 is 0 Å². The van der Waals surface area contributed by atoms with Gasteiger partial charge in [0.05, 0.1) is 12.3 Å². The highest BCUT2D eigenvalue weighted by Gasteiger charge is 2.49. The van der Waals surface area contributed by atoms with Crippen LogP contribution in [-0.2, 0) is 10.1 Å². The Bertz CT molecular complexity index is 652. The Hall–Kier alpha value is -2.22. The molecular weight excluding hydrogens is 303 g/mol. The monoisotopic (exact) mass is 311 g/mol. The second kappa shape index (κ2) is 5.41. The molecule has 0 aliphatic rings. The van der Waals surface area contributed by atoms with Crippen LogP contribution in [0.4, 0.5) is 18.9 Å². The first-order valence-electron chi connectivity index (χ1n) is 4.96. The molecule has 0 fully saturated rings. The fourth-order valence-corrected chi connectivity index (χ4v) is 1.48. The molecule has 0 aromatic carbocycles. The fourth-order valence-electron chi connectivity index (χ4n) is 1.07. The zero-order valence-electron chi connectivity index (χ0n) is 9.93. The van der Waals surface area contributed by atoms with Crippen LogP contribution in [-0.4, -0.2) is 25.5 Å². The average Bonchev–Trinajstić information content (AvgIpc) is 2.27. The molecule has 0 aliphatic heterocycles. The molecule has 1 aromatic rings. The minimum absolute atomic E-state index is 0.0383. The number of nitrogen functional groups attached to an aromatic ring is 1. The Morgan fingerprint density at radius 3 is 2.55 bits per heavy atom. The lowest BCUT2D eigenvalue weighted by Gasteiger charge is -2.11. The molecule has 0 saturated heterocycles. The van der Waals surface area contributed by atoms with E-state index in [9.17, 15) is 21.6 Å². The summed E-state index contributed by atoms with van der Waals surface area (Å²) in [6.07, 6.45) is 0. The molecule has 110 valence electrons. The maximum atomic E-state index is 12.2. The number of hydrogen-bond donors (Lipinski definition) is 1. The molecule has 0 unspecified atom stereocenters. The number of hydrogen-bond acceptors (Lipinski definition) is 7. The van der Waals surface area contributed by atoms with Crippen LogP contribution in [0.3, 0.4) is 0 Å². The molecule has 0 bridgehead atoms. The number of anilines is 1. The van der Waals surface area contributed by atoms with Gasteiger partial charge in [-0.25, -0.2) is 0 Å². The number of nitrogens with zero attached hydrogens (tertiary/aromatic N) is 2. The van der Waals surface area contributed by atoms with E-state index in [4.69, 9.17) is 15.7 Å². The van der Waals surface area contributed by atoms with E-state index in [0.717, 1.165) is 0 Å². The molecule has 11 heteroatoms. The summed E-state index contributed by atoms with van der Waals surface area (Å²) in [5, 5.41) is 8.79. The van der Waals surface area contributed by atoms with E-state index in [1.54, 1.807) is 6.07 Å². The number of ether oxygens (including phenoxy) is 1. The van der Waals surface area contributed by atoms with Gasteiger partial charge in [0.2, 0.25) is 11.8 Å². The predicted octanol–water partition coefficient (Wildman–Crippen LogP) is 1.16. The summed E-state index contributed by atoms with van der Waals surface area (Å²) in [7, 11) is -5.88. The van der Waals surface area contributed by atoms with E-state index >= 15 is 0 Å². The van der Waals surface area contributed by atoms with Crippen LogP contribution in [0.25, 0.3) is 0 Å². The molecule has 1 rings (SSSR count). The molecule has 0 aliphatic carbocycles. The minimum Gasteiger partial charge on any atom is -0.477 e. The van der Waals surface area contributed by atoms with E-state index in [-0.39, 0.29) is 17.9 Å². The lowest BCUT2D eigenvalue weighted by molar-refractivity contribution is -0.0501. The molecular formula is C9H8F3N3O4S. The number of alkyl halides is 3. The normalized spacial score (nSPS) is 11.8. The maximum absolute atomic E-state index is 12.2. The highest BCUT2D eigenvalue weighted by atomic mass is 32.2. The van der Waals surface area contributed by atoms with Gasteiger partial charge in [-0.15, -0.1) is 0 Å². The first kappa shape index (κ1) is 15.8. The Balaban J connectivity index is 3.26. The summed E-state index contributed by atoms with van der Waals surface area (Å²) in [4.78, 5) is 3.37. The first-order valence-corrected chi connectivity index (χ1v) is 6.37. The third kappa shape index (κ3) is 3.21. The number of halogens is 3. The first-order chi connectivity index (χ1) is 9.12. The summed E-state index contributed by atoms with van der Waals surface area (Å²) in [5.74, 6) is -1.36. The second-order valence-corrected chi connectivity index (χ2v) is 4.80. The summed E-state index contributed by atoms with van der Waals surface area (Å²) < 4.78 is 66.8. The van der Waals surface area contributed by atoms with Crippen LogP contribution in [0, 0.1) is 11.3 Å². The predicted molar refractivity (Wildman–Crippen MR) is 60.1 cm³/mol. The average molecular weight is 311 g/mol. The number of pyridine rings is 1. The van der Waals surface area contributed by atoms with Gasteiger partial charge in [0, 0.05) is 6.07 Å². The topological polar surface area (TPSA) is 115 Å². The number of nitrogens with two attached hydrogens (primary N) is 1. The van der Waals surface area contributed by atoms with Crippen molar-refractivity contribution in [1.29, 1.82) is 5.26 Å². The van der Waals surface area contributed by atoms with Crippen molar-refractivity contribution < 1.29 is 30.5 Å². The lowest BCUT2D eigenvalue weighted by atomic mass is 10.2. The SMILES string of the molecule is CCOc1nc(OS(=O)(=O)C(F)(F)F)cc(N)c1C#N. The van der Waals surface area contributed by atoms with Crippen molar-refractivity contribution in [2.75, 3.05) is 12.3 Å². The molecule has 1 heterocycles. The van der Waals surface area contributed by atoms with Crippen molar-refractivity contribution in [1.82, 2.24) is 4.98 Å². The van der Waals surface area contributed by atoms with Gasteiger partial charge in [0.25, 0.3) is 0 Å². The maximum Gasteiger partial charge on any atom is 0.534 e. The fraction of sp³-hybridized carbons (Fsp3) is 0.333. The van der Waals surface area contributed by atoms with E-state index in [0.29, 0.717) is 6.07 Å². The van der Waals surface area contributed by atoms with Gasteiger partial charge in [-0.2, -0.15) is 31.8 Å². The molecule has 0 radical (unpaired) electrons. The molecule has 1 aromatic heterocycles. The third-order valence-electron chi connectivity index (χ3n) is 1.86. The highest BCUT2D eigenvalue weighted by molar-refractivity contribution is 7.87. The van der Waals surface area contributed by atoms with E-state index in [2.05, 4.69) is 9.17 Å². The quantitative estimate of drug-likeness (QED) is 0.655. The zero-order chi connectivity index (χ0) is 15.6. The number of aromatic nitrogens is 1. The number of nitriles is 1. The van der Waals surface area contributed by atoms with Gasteiger partial charge in [0.1, 0.15) is 11.6 Å². The molecule has 2 N–H and O–H groups in total. The zero-order valence-corrected chi connectivity index (χ0v) is 10.7. The van der Waals surface area contributed by atoms with Crippen molar-refractivity contribution >= 4 is 15.8 Å². The van der Waals surface area contributed by atoms with Crippen LogP contribution in [0.15, 0.2) is 6.07 Å². The van der Waals surface area contributed by atoms with Gasteiger partial charge in [-0.1, -0.05) is 0 Å². The molecule has 7 nitrogen and oxygen atoms in total.